The maximum absolute atomic E-state index is 13.0. The first-order valence-electron chi connectivity index (χ1n) is 5.24. The Kier molecular flexibility index (Phi) is 3.79. The Bertz CT molecular complexity index is 505. The van der Waals surface area contributed by atoms with Crippen molar-refractivity contribution in [2.45, 2.75) is 23.8 Å². The molecule has 0 spiro atoms. The number of pyridine rings is 1. The molecule has 2 rings (SSSR count). The van der Waals surface area contributed by atoms with Crippen LogP contribution < -0.4 is 0 Å². The fraction of sp³-hybridized carbons (Fsp3) is 0.500. The highest BCUT2D eigenvalue weighted by Gasteiger charge is 2.37. The van der Waals surface area contributed by atoms with Crippen molar-refractivity contribution in [2.24, 2.45) is 0 Å². The van der Waals surface area contributed by atoms with Gasteiger partial charge in [0.15, 0.2) is 0 Å². The van der Waals surface area contributed by atoms with Gasteiger partial charge in [-0.15, -0.1) is 0 Å². The molecule has 0 atom stereocenters. The second-order valence-electron chi connectivity index (χ2n) is 3.87. The molecule has 1 aromatic heterocycles. The van der Waals surface area contributed by atoms with Crippen LogP contribution in [0.5, 0.6) is 0 Å². The topological polar surface area (TPSA) is 50.3 Å². The molecule has 1 heterocycles. The van der Waals surface area contributed by atoms with Gasteiger partial charge in [-0.25, -0.2) is 12.8 Å². The summed E-state index contributed by atoms with van der Waals surface area (Å²) in [5.74, 6) is -0.638. The highest BCUT2D eigenvalue weighted by Crippen LogP contribution is 2.31. The summed E-state index contributed by atoms with van der Waals surface area (Å²) in [6.07, 6.45) is 3.91. The van der Waals surface area contributed by atoms with Crippen LogP contribution in [0, 0.1) is 5.82 Å². The lowest BCUT2D eigenvalue weighted by Gasteiger charge is -2.20. The van der Waals surface area contributed by atoms with Crippen molar-refractivity contribution in [2.75, 3.05) is 11.9 Å². The van der Waals surface area contributed by atoms with Crippen LogP contribution in [0.15, 0.2) is 23.4 Å². The standard InChI is InChI=1S/C10H12BrFN2O2S/c11-3-4-14(9-1-2-9)17(15,16)10-5-8(12)6-13-7-10/h5-7,9H,1-4H2. The number of aromatic nitrogens is 1. The van der Waals surface area contributed by atoms with Crippen LogP contribution in [-0.2, 0) is 10.0 Å². The number of nitrogens with zero attached hydrogens (tertiary/aromatic N) is 2. The van der Waals surface area contributed by atoms with Gasteiger partial charge >= 0.3 is 0 Å². The molecule has 0 bridgehead atoms. The summed E-state index contributed by atoms with van der Waals surface area (Å²) in [5, 5.41) is 0.561. The lowest BCUT2D eigenvalue weighted by Crippen LogP contribution is -2.34. The first kappa shape index (κ1) is 12.9. The molecular formula is C10H12BrFN2O2S. The van der Waals surface area contributed by atoms with Gasteiger partial charge in [-0.05, 0) is 18.9 Å². The summed E-state index contributed by atoms with van der Waals surface area (Å²) in [7, 11) is -3.62. The number of sulfonamides is 1. The van der Waals surface area contributed by atoms with Crippen LogP contribution in [0.4, 0.5) is 4.39 Å². The van der Waals surface area contributed by atoms with E-state index < -0.39 is 15.8 Å². The molecule has 1 aromatic rings. The summed E-state index contributed by atoms with van der Waals surface area (Å²) in [5.41, 5.74) is 0. The summed E-state index contributed by atoms with van der Waals surface area (Å²) in [4.78, 5) is 3.50. The summed E-state index contributed by atoms with van der Waals surface area (Å²) in [6, 6.07) is 1.06. The molecule has 0 amide bonds. The maximum Gasteiger partial charge on any atom is 0.244 e. The van der Waals surface area contributed by atoms with E-state index in [-0.39, 0.29) is 10.9 Å². The Balaban J connectivity index is 2.33. The zero-order valence-electron chi connectivity index (χ0n) is 9.01. The second kappa shape index (κ2) is 4.99. The van der Waals surface area contributed by atoms with Crippen LogP contribution in [0.3, 0.4) is 0 Å². The molecule has 1 aliphatic rings. The number of rotatable bonds is 5. The number of hydrogen-bond donors (Lipinski definition) is 0. The van der Waals surface area contributed by atoms with Crippen molar-refractivity contribution < 1.29 is 12.8 Å². The van der Waals surface area contributed by atoms with E-state index in [2.05, 4.69) is 20.9 Å². The summed E-state index contributed by atoms with van der Waals surface area (Å²) in [6.45, 7) is 0.392. The second-order valence-corrected chi connectivity index (χ2v) is 6.56. The first-order chi connectivity index (χ1) is 8.05. The van der Waals surface area contributed by atoms with Crippen molar-refractivity contribution in [3.63, 3.8) is 0 Å². The lowest BCUT2D eigenvalue weighted by molar-refractivity contribution is 0.423. The Morgan fingerprint density at radius 2 is 2.18 bits per heavy atom. The van der Waals surface area contributed by atoms with Crippen LogP contribution in [0.25, 0.3) is 0 Å². The average Bonchev–Trinajstić information content (AvgIpc) is 3.09. The van der Waals surface area contributed by atoms with Gasteiger partial charge in [0.2, 0.25) is 10.0 Å². The highest BCUT2D eigenvalue weighted by atomic mass is 79.9. The van der Waals surface area contributed by atoms with Crippen LogP contribution in [0.1, 0.15) is 12.8 Å². The van der Waals surface area contributed by atoms with E-state index in [1.165, 1.54) is 10.5 Å². The smallest absolute Gasteiger partial charge is 0.244 e. The highest BCUT2D eigenvalue weighted by molar-refractivity contribution is 9.09. The van der Waals surface area contributed by atoms with E-state index in [1.54, 1.807) is 0 Å². The van der Waals surface area contributed by atoms with Crippen molar-refractivity contribution >= 4 is 26.0 Å². The van der Waals surface area contributed by atoms with E-state index >= 15 is 0 Å². The predicted octanol–water partition coefficient (Wildman–Crippen LogP) is 1.77. The van der Waals surface area contributed by atoms with E-state index in [0.29, 0.717) is 11.9 Å². The van der Waals surface area contributed by atoms with Gasteiger partial charge in [-0.1, -0.05) is 15.9 Å². The Hall–Kier alpha value is -0.530. The van der Waals surface area contributed by atoms with E-state index in [9.17, 15) is 12.8 Å². The van der Waals surface area contributed by atoms with Gasteiger partial charge in [-0.3, -0.25) is 4.98 Å². The molecule has 1 fully saturated rings. The van der Waals surface area contributed by atoms with Crippen molar-refractivity contribution in [3.05, 3.63) is 24.3 Å². The molecule has 94 valence electrons. The Labute approximate surface area is 108 Å². The molecule has 0 N–H and O–H groups in total. The van der Waals surface area contributed by atoms with Gasteiger partial charge in [0.1, 0.15) is 10.7 Å². The fourth-order valence-electron chi connectivity index (χ4n) is 1.61. The van der Waals surface area contributed by atoms with Crippen molar-refractivity contribution in [1.29, 1.82) is 0 Å². The number of halogens is 2. The largest absolute Gasteiger partial charge is 0.260 e. The Morgan fingerprint density at radius 3 is 2.71 bits per heavy atom. The zero-order valence-corrected chi connectivity index (χ0v) is 11.4. The Morgan fingerprint density at radius 1 is 1.47 bits per heavy atom. The molecule has 17 heavy (non-hydrogen) atoms. The van der Waals surface area contributed by atoms with Gasteiger partial charge < -0.3 is 0 Å². The molecule has 0 aromatic carbocycles. The minimum Gasteiger partial charge on any atom is -0.260 e. The minimum absolute atomic E-state index is 0.0563. The summed E-state index contributed by atoms with van der Waals surface area (Å²) >= 11 is 3.23. The third kappa shape index (κ3) is 2.83. The normalized spacial score (nSPS) is 16.4. The monoisotopic (exact) mass is 322 g/mol. The minimum atomic E-state index is -3.62. The molecule has 0 saturated heterocycles. The molecule has 7 heteroatoms. The zero-order chi connectivity index (χ0) is 12.5. The molecule has 1 aliphatic carbocycles. The number of alkyl halides is 1. The van der Waals surface area contributed by atoms with Gasteiger partial charge in [0.05, 0.1) is 6.20 Å². The quantitative estimate of drug-likeness (QED) is 0.776. The van der Waals surface area contributed by atoms with E-state index in [1.807, 2.05) is 0 Å². The molecule has 1 saturated carbocycles. The third-order valence-corrected chi connectivity index (χ3v) is 4.82. The molecular weight excluding hydrogens is 311 g/mol. The molecule has 0 unspecified atom stereocenters. The fourth-order valence-corrected chi connectivity index (χ4v) is 3.89. The van der Waals surface area contributed by atoms with E-state index in [0.717, 1.165) is 25.1 Å². The SMILES string of the molecule is O=S(=O)(c1cncc(F)c1)N(CCBr)C1CC1. The summed E-state index contributed by atoms with van der Waals surface area (Å²) < 4.78 is 38.9. The lowest BCUT2D eigenvalue weighted by atomic mass is 10.5. The third-order valence-electron chi connectivity index (χ3n) is 2.55. The molecule has 0 radical (unpaired) electrons. The molecule has 4 nitrogen and oxygen atoms in total. The molecule has 0 aliphatic heterocycles. The van der Waals surface area contributed by atoms with E-state index in [4.69, 9.17) is 0 Å². The van der Waals surface area contributed by atoms with Gasteiger partial charge in [-0.2, -0.15) is 4.31 Å². The van der Waals surface area contributed by atoms with Gasteiger partial charge in [0, 0.05) is 24.1 Å². The maximum atomic E-state index is 13.0. The van der Waals surface area contributed by atoms with Crippen LogP contribution in [0.2, 0.25) is 0 Å². The first-order valence-corrected chi connectivity index (χ1v) is 7.80. The van der Waals surface area contributed by atoms with Crippen LogP contribution >= 0.6 is 15.9 Å². The number of hydrogen-bond acceptors (Lipinski definition) is 3. The average molecular weight is 323 g/mol. The van der Waals surface area contributed by atoms with Crippen molar-refractivity contribution in [1.82, 2.24) is 9.29 Å². The van der Waals surface area contributed by atoms with Gasteiger partial charge in [0.25, 0.3) is 0 Å². The predicted molar refractivity (Wildman–Crippen MR) is 64.9 cm³/mol. The van der Waals surface area contributed by atoms with Crippen LogP contribution in [-0.4, -0.2) is 35.6 Å². The van der Waals surface area contributed by atoms with Crippen molar-refractivity contribution in [3.8, 4) is 0 Å².